The molecule has 0 unspecified atom stereocenters. The van der Waals surface area contributed by atoms with Crippen LogP contribution in [-0.2, 0) is 11.3 Å². The van der Waals surface area contributed by atoms with Crippen LogP contribution in [0.5, 0.6) is 5.75 Å². The summed E-state index contributed by atoms with van der Waals surface area (Å²) < 4.78 is 5.06. The summed E-state index contributed by atoms with van der Waals surface area (Å²) in [5, 5.41) is 18.1. The molecule has 0 aromatic heterocycles. The second-order valence-corrected chi connectivity index (χ2v) is 4.09. The fraction of sp³-hybridized carbons (Fsp3) is 0.0667. The highest BCUT2D eigenvalue weighted by atomic mass is 16.5. The van der Waals surface area contributed by atoms with Gasteiger partial charge in [-0.15, -0.1) is 0 Å². The summed E-state index contributed by atoms with van der Waals surface area (Å²) in [5.41, 5.74) is 0.814. The first-order chi connectivity index (χ1) is 9.58. The van der Waals surface area contributed by atoms with E-state index in [-0.39, 0.29) is 23.5 Å². The van der Waals surface area contributed by atoms with Crippen molar-refractivity contribution in [2.24, 2.45) is 0 Å². The molecule has 0 saturated heterocycles. The maximum Gasteiger partial charge on any atom is 0.338 e. The molecule has 0 bridgehead atoms. The average molecular weight is 272 g/mol. The molecule has 5 heteroatoms. The molecule has 102 valence electrons. The number of carboxylic acids is 1. The highest BCUT2D eigenvalue weighted by Gasteiger charge is 2.12. The quantitative estimate of drug-likeness (QED) is 0.835. The predicted octanol–water partition coefficient (Wildman–Crippen LogP) is 2.45. The van der Waals surface area contributed by atoms with Gasteiger partial charge in [0.15, 0.2) is 0 Å². The molecular formula is C15H12O5. The van der Waals surface area contributed by atoms with Gasteiger partial charge in [-0.2, -0.15) is 0 Å². The van der Waals surface area contributed by atoms with Gasteiger partial charge < -0.3 is 14.9 Å². The van der Waals surface area contributed by atoms with Crippen molar-refractivity contribution in [3.8, 4) is 5.75 Å². The number of esters is 1. The fourth-order valence-electron chi connectivity index (χ4n) is 1.68. The van der Waals surface area contributed by atoms with E-state index in [2.05, 4.69) is 0 Å². The van der Waals surface area contributed by atoms with E-state index in [1.165, 1.54) is 30.3 Å². The summed E-state index contributed by atoms with van der Waals surface area (Å²) in [6.07, 6.45) is 0. The van der Waals surface area contributed by atoms with Crippen molar-refractivity contribution in [2.45, 2.75) is 6.61 Å². The van der Waals surface area contributed by atoms with Crippen molar-refractivity contribution in [2.75, 3.05) is 0 Å². The molecule has 2 rings (SSSR count). The van der Waals surface area contributed by atoms with Crippen molar-refractivity contribution in [3.63, 3.8) is 0 Å². The number of phenolic OH excluding ortho intramolecular Hbond substituents is 1. The summed E-state index contributed by atoms with van der Waals surface area (Å²) >= 11 is 0. The van der Waals surface area contributed by atoms with Gasteiger partial charge in [0, 0.05) is 5.56 Å². The Labute approximate surface area is 115 Å². The van der Waals surface area contributed by atoms with Gasteiger partial charge in [-0.05, 0) is 30.3 Å². The topological polar surface area (TPSA) is 83.8 Å². The minimum Gasteiger partial charge on any atom is -0.508 e. The Kier molecular flexibility index (Phi) is 4.00. The van der Waals surface area contributed by atoms with Gasteiger partial charge in [-0.25, -0.2) is 9.59 Å². The van der Waals surface area contributed by atoms with Crippen molar-refractivity contribution in [1.82, 2.24) is 0 Å². The summed E-state index contributed by atoms with van der Waals surface area (Å²) in [6, 6.07) is 11.9. The number of ether oxygens (including phenoxy) is 1. The van der Waals surface area contributed by atoms with Crippen LogP contribution in [0.1, 0.15) is 26.3 Å². The molecular weight excluding hydrogens is 260 g/mol. The minimum atomic E-state index is -1.07. The van der Waals surface area contributed by atoms with Crippen LogP contribution in [0.25, 0.3) is 0 Å². The lowest BCUT2D eigenvalue weighted by atomic mass is 10.1. The SMILES string of the molecule is O=C(OCc1ccccc1C(=O)O)c1ccc(O)cc1. The highest BCUT2D eigenvalue weighted by molar-refractivity contribution is 5.90. The molecule has 0 atom stereocenters. The second-order valence-electron chi connectivity index (χ2n) is 4.09. The predicted molar refractivity (Wildman–Crippen MR) is 70.6 cm³/mol. The molecule has 2 aromatic rings. The van der Waals surface area contributed by atoms with Gasteiger partial charge in [0.05, 0.1) is 11.1 Å². The first-order valence-corrected chi connectivity index (χ1v) is 5.85. The Morgan fingerprint density at radius 2 is 1.65 bits per heavy atom. The molecule has 0 spiro atoms. The Bertz CT molecular complexity index is 631. The average Bonchev–Trinajstić information content (AvgIpc) is 2.45. The zero-order valence-electron chi connectivity index (χ0n) is 10.4. The van der Waals surface area contributed by atoms with Crippen LogP contribution in [-0.4, -0.2) is 22.2 Å². The fourth-order valence-corrected chi connectivity index (χ4v) is 1.68. The van der Waals surface area contributed by atoms with E-state index in [0.717, 1.165) is 0 Å². The number of carbonyl (C=O) groups excluding carboxylic acids is 1. The van der Waals surface area contributed by atoms with Crippen molar-refractivity contribution >= 4 is 11.9 Å². The lowest BCUT2D eigenvalue weighted by molar-refractivity contribution is 0.0465. The Morgan fingerprint density at radius 1 is 1.00 bits per heavy atom. The second kappa shape index (κ2) is 5.88. The number of hydrogen-bond donors (Lipinski definition) is 2. The van der Waals surface area contributed by atoms with Gasteiger partial charge in [-0.3, -0.25) is 0 Å². The molecule has 0 radical (unpaired) electrons. The normalized spacial score (nSPS) is 10.0. The molecule has 0 aliphatic carbocycles. The summed E-state index contributed by atoms with van der Waals surface area (Å²) in [5.74, 6) is -1.59. The van der Waals surface area contributed by atoms with E-state index in [0.29, 0.717) is 5.56 Å². The largest absolute Gasteiger partial charge is 0.508 e. The van der Waals surface area contributed by atoms with Crippen molar-refractivity contribution in [3.05, 3.63) is 65.2 Å². The van der Waals surface area contributed by atoms with E-state index in [1.807, 2.05) is 0 Å². The molecule has 0 amide bonds. The van der Waals surface area contributed by atoms with Gasteiger partial charge in [0.2, 0.25) is 0 Å². The zero-order valence-corrected chi connectivity index (χ0v) is 10.4. The number of hydrogen-bond acceptors (Lipinski definition) is 4. The van der Waals surface area contributed by atoms with Crippen LogP contribution in [0.3, 0.4) is 0 Å². The Hall–Kier alpha value is -2.82. The maximum atomic E-state index is 11.8. The van der Waals surface area contributed by atoms with Crippen molar-refractivity contribution in [1.29, 1.82) is 0 Å². The molecule has 0 saturated carbocycles. The van der Waals surface area contributed by atoms with Crippen LogP contribution in [0, 0.1) is 0 Å². The van der Waals surface area contributed by atoms with Gasteiger partial charge >= 0.3 is 11.9 Å². The van der Waals surface area contributed by atoms with E-state index in [1.54, 1.807) is 18.2 Å². The van der Waals surface area contributed by atoms with E-state index < -0.39 is 11.9 Å². The number of rotatable bonds is 4. The summed E-state index contributed by atoms with van der Waals surface area (Å²) in [6.45, 7) is -0.123. The lowest BCUT2D eigenvalue weighted by Crippen LogP contribution is -2.08. The van der Waals surface area contributed by atoms with E-state index in [9.17, 15) is 9.59 Å². The van der Waals surface area contributed by atoms with Crippen LogP contribution >= 0.6 is 0 Å². The van der Waals surface area contributed by atoms with Gasteiger partial charge in [0.1, 0.15) is 12.4 Å². The van der Waals surface area contributed by atoms with Crippen LogP contribution in [0.2, 0.25) is 0 Å². The summed E-state index contributed by atoms with van der Waals surface area (Å²) in [4.78, 5) is 22.8. The summed E-state index contributed by atoms with van der Waals surface area (Å²) in [7, 11) is 0. The lowest BCUT2D eigenvalue weighted by Gasteiger charge is -2.07. The molecule has 2 aromatic carbocycles. The Balaban J connectivity index is 2.07. The van der Waals surface area contributed by atoms with Crippen LogP contribution < -0.4 is 0 Å². The number of aromatic hydroxyl groups is 1. The molecule has 0 aliphatic rings. The number of carbonyl (C=O) groups is 2. The Morgan fingerprint density at radius 3 is 2.30 bits per heavy atom. The van der Waals surface area contributed by atoms with Crippen LogP contribution in [0.4, 0.5) is 0 Å². The number of aromatic carboxylic acids is 1. The third-order valence-corrected chi connectivity index (χ3v) is 2.71. The number of benzene rings is 2. The molecule has 20 heavy (non-hydrogen) atoms. The number of carboxylic acid groups (broad SMARTS) is 1. The number of phenols is 1. The third kappa shape index (κ3) is 3.14. The van der Waals surface area contributed by atoms with E-state index in [4.69, 9.17) is 14.9 Å². The van der Waals surface area contributed by atoms with Gasteiger partial charge in [-0.1, -0.05) is 18.2 Å². The smallest absolute Gasteiger partial charge is 0.338 e. The molecule has 2 N–H and O–H groups in total. The third-order valence-electron chi connectivity index (χ3n) is 2.71. The van der Waals surface area contributed by atoms with Crippen molar-refractivity contribution < 1.29 is 24.5 Å². The molecule has 0 aliphatic heterocycles. The molecule has 0 fully saturated rings. The molecule has 0 heterocycles. The molecule has 5 nitrogen and oxygen atoms in total. The monoisotopic (exact) mass is 272 g/mol. The van der Waals surface area contributed by atoms with Gasteiger partial charge in [0.25, 0.3) is 0 Å². The standard InChI is InChI=1S/C15H12O5/c16-12-7-5-10(6-8-12)15(19)20-9-11-3-1-2-4-13(11)14(17)18/h1-8,16H,9H2,(H,17,18). The zero-order chi connectivity index (χ0) is 14.5. The first kappa shape index (κ1) is 13.6. The van der Waals surface area contributed by atoms with Crippen LogP contribution in [0.15, 0.2) is 48.5 Å². The maximum absolute atomic E-state index is 11.8. The minimum absolute atomic E-state index is 0.0535. The first-order valence-electron chi connectivity index (χ1n) is 5.85. The van der Waals surface area contributed by atoms with E-state index >= 15 is 0 Å². The highest BCUT2D eigenvalue weighted by Crippen LogP contribution is 2.14.